The van der Waals surface area contributed by atoms with Crippen LogP contribution in [0.1, 0.15) is 16.1 Å². The second-order valence-corrected chi connectivity index (χ2v) is 6.96. The van der Waals surface area contributed by atoms with Crippen LogP contribution in [0.4, 0.5) is 0 Å². The second-order valence-electron chi connectivity index (χ2n) is 6.96. The number of benzene rings is 2. The summed E-state index contributed by atoms with van der Waals surface area (Å²) in [5.74, 6) is 1.24. The van der Waals surface area contributed by atoms with Crippen molar-refractivity contribution in [2.45, 2.75) is 12.5 Å². The van der Waals surface area contributed by atoms with Gasteiger partial charge in [0, 0.05) is 30.4 Å². The van der Waals surface area contributed by atoms with Crippen molar-refractivity contribution in [3.05, 3.63) is 84.4 Å². The van der Waals surface area contributed by atoms with Crippen LogP contribution in [0.3, 0.4) is 0 Å². The van der Waals surface area contributed by atoms with E-state index in [1.807, 2.05) is 48.5 Å². The number of ether oxygens (including phenoxy) is 1. The lowest BCUT2D eigenvalue weighted by atomic mass is 10.1. The van der Waals surface area contributed by atoms with Crippen LogP contribution in [-0.2, 0) is 6.42 Å². The molecule has 0 radical (unpaired) electrons. The lowest BCUT2D eigenvalue weighted by Crippen LogP contribution is -2.34. The van der Waals surface area contributed by atoms with Gasteiger partial charge in [-0.1, -0.05) is 47.6 Å². The fraction of sp³-hybridized carbons (Fsp3) is 0.130. The standard InChI is InChI=1S/C23H18N4O3/c28-23(20-13-19(27-30-20)15-6-2-1-3-7-15)26-14-17-12-16-8-4-9-18(21(16)29-17)22-24-10-5-11-25-22/h1-11,13,17H,12,14H2,(H,26,28). The number of carbonyl (C=O) groups is 1. The summed E-state index contributed by atoms with van der Waals surface area (Å²) in [6.07, 6.45) is 3.93. The first kappa shape index (κ1) is 18.1. The molecule has 3 heterocycles. The molecule has 0 aliphatic carbocycles. The van der Waals surface area contributed by atoms with Crippen molar-refractivity contribution in [2.75, 3.05) is 6.54 Å². The van der Waals surface area contributed by atoms with Gasteiger partial charge in [0.1, 0.15) is 17.5 Å². The number of carbonyl (C=O) groups excluding carboxylic acids is 1. The Morgan fingerprint density at radius 3 is 2.70 bits per heavy atom. The van der Waals surface area contributed by atoms with Gasteiger partial charge in [-0.2, -0.15) is 0 Å². The Hall–Kier alpha value is -4.00. The Morgan fingerprint density at radius 1 is 1.03 bits per heavy atom. The van der Waals surface area contributed by atoms with Crippen molar-refractivity contribution < 1.29 is 14.1 Å². The molecule has 5 rings (SSSR count). The zero-order valence-corrected chi connectivity index (χ0v) is 16.0. The van der Waals surface area contributed by atoms with Crippen LogP contribution in [0.5, 0.6) is 5.75 Å². The van der Waals surface area contributed by atoms with E-state index in [0.717, 1.165) is 22.4 Å². The largest absolute Gasteiger partial charge is 0.487 e. The molecule has 0 saturated heterocycles. The molecule has 7 nitrogen and oxygen atoms in total. The van der Waals surface area contributed by atoms with Gasteiger partial charge in [0.15, 0.2) is 5.82 Å². The SMILES string of the molecule is O=C(NCC1Cc2cccc(-c3ncccn3)c2O1)c1cc(-c2ccccc2)no1. The Bertz CT molecular complexity index is 1180. The summed E-state index contributed by atoms with van der Waals surface area (Å²) in [5.41, 5.74) is 3.44. The highest BCUT2D eigenvalue weighted by Gasteiger charge is 2.27. The highest BCUT2D eigenvalue weighted by atomic mass is 16.5. The maximum atomic E-state index is 12.5. The topological polar surface area (TPSA) is 90.1 Å². The van der Waals surface area contributed by atoms with E-state index >= 15 is 0 Å². The third kappa shape index (κ3) is 3.53. The first-order chi connectivity index (χ1) is 14.8. The molecule has 0 saturated carbocycles. The minimum atomic E-state index is -0.323. The van der Waals surface area contributed by atoms with Crippen LogP contribution in [0.2, 0.25) is 0 Å². The van der Waals surface area contributed by atoms with Crippen LogP contribution in [0.25, 0.3) is 22.6 Å². The van der Waals surface area contributed by atoms with Gasteiger partial charge in [-0.25, -0.2) is 9.97 Å². The molecule has 4 aromatic rings. The van der Waals surface area contributed by atoms with Crippen LogP contribution < -0.4 is 10.1 Å². The molecule has 2 aromatic heterocycles. The van der Waals surface area contributed by atoms with Gasteiger partial charge >= 0.3 is 0 Å². The molecular formula is C23H18N4O3. The van der Waals surface area contributed by atoms with Gasteiger partial charge in [0.2, 0.25) is 5.76 Å². The zero-order valence-electron chi connectivity index (χ0n) is 16.0. The third-order valence-corrected chi connectivity index (χ3v) is 4.93. The van der Waals surface area contributed by atoms with Crippen molar-refractivity contribution in [3.63, 3.8) is 0 Å². The number of nitrogens with one attached hydrogen (secondary N) is 1. The van der Waals surface area contributed by atoms with E-state index in [1.54, 1.807) is 24.5 Å². The predicted octanol–water partition coefficient (Wildman–Crippen LogP) is 3.53. The molecule has 1 unspecified atom stereocenters. The minimum Gasteiger partial charge on any atom is -0.487 e. The smallest absolute Gasteiger partial charge is 0.290 e. The van der Waals surface area contributed by atoms with Gasteiger partial charge in [0.05, 0.1) is 12.1 Å². The minimum absolute atomic E-state index is 0.169. The molecule has 30 heavy (non-hydrogen) atoms. The molecular weight excluding hydrogens is 380 g/mol. The maximum Gasteiger partial charge on any atom is 0.290 e. The molecule has 148 valence electrons. The quantitative estimate of drug-likeness (QED) is 0.553. The van der Waals surface area contributed by atoms with E-state index in [0.29, 0.717) is 24.5 Å². The molecule has 1 aliphatic heterocycles. The van der Waals surface area contributed by atoms with E-state index in [9.17, 15) is 4.79 Å². The van der Waals surface area contributed by atoms with Gasteiger partial charge in [-0.3, -0.25) is 4.79 Å². The molecule has 0 spiro atoms. The summed E-state index contributed by atoms with van der Waals surface area (Å²) in [4.78, 5) is 21.1. The molecule has 0 fully saturated rings. The molecule has 1 aliphatic rings. The van der Waals surface area contributed by atoms with Crippen molar-refractivity contribution in [2.24, 2.45) is 0 Å². The number of rotatable bonds is 5. The van der Waals surface area contributed by atoms with Crippen molar-refractivity contribution in [1.82, 2.24) is 20.4 Å². The number of hydrogen-bond acceptors (Lipinski definition) is 6. The first-order valence-electron chi connectivity index (χ1n) is 9.64. The second kappa shape index (κ2) is 7.79. The summed E-state index contributed by atoms with van der Waals surface area (Å²) >= 11 is 0. The Balaban J connectivity index is 1.25. The zero-order chi connectivity index (χ0) is 20.3. The van der Waals surface area contributed by atoms with Gasteiger partial charge in [-0.15, -0.1) is 0 Å². The fourth-order valence-electron chi connectivity index (χ4n) is 3.49. The van der Waals surface area contributed by atoms with Crippen LogP contribution in [0, 0.1) is 0 Å². The Kier molecular flexibility index (Phi) is 4.69. The molecule has 7 heteroatoms. The van der Waals surface area contributed by atoms with E-state index in [1.165, 1.54) is 0 Å². The highest BCUT2D eigenvalue weighted by molar-refractivity contribution is 5.92. The van der Waals surface area contributed by atoms with E-state index < -0.39 is 0 Å². The summed E-state index contributed by atoms with van der Waals surface area (Å²) in [5, 5.41) is 6.85. The van der Waals surface area contributed by atoms with Gasteiger partial charge in [-0.05, 0) is 17.7 Å². The molecule has 1 atom stereocenters. The van der Waals surface area contributed by atoms with Crippen LogP contribution >= 0.6 is 0 Å². The predicted molar refractivity (Wildman–Crippen MR) is 110 cm³/mol. The summed E-state index contributed by atoms with van der Waals surface area (Å²) < 4.78 is 11.3. The average molecular weight is 398 g/mol. The lowest BCUT2D eigenvalue weighted by molar-refractivity contribution is 0.0897. The van der Waals surface area contributed by atoms with E-state index in [4.69, 9.17) is 9.26 Å². The normalized spacial score (nSPS) is 14.7. The Morgan fingerprint density at radius 2 is 1.87 bits per heavy atom. The van der Waals surface area contributed by atoms with Crippen LogP contribution in [0.15, 0.2) is 77.6 Å². The number of fused-ring (bicyclic) bond motifs is 1. The fourth-order valence-corrected chi connectivity index (χ4v) is 3.49. The highest BCUT2D eigenvalue weighted by Crippen LogP contribution is 2.37. The maximum absolute atomic E-state index is 12.5. The number of para-hydroxylation sites is 1. The van der Waals surface area contributed by atoms with Crippen molar-refractivity contribution in [1.29, 1.82) is 0 Å². The summed E-state index contributed by atoms with van der Waals surface area (Å²) in [6, 6.07) is 18.9. The van der Waals surface area contributed by atoms with Crippen LogP contribution in [-0.4, -0.2) is 33.7 Å². The summed E-state index contributed by atoms with van der Waals surface area (Å²) in [6.45, 7) is 0.351. The lowest BCUT2D eigenvalue weighted by Gasteiger charge is -2.12. The number of nitrogens with zero attached hydrogens (tertiary/aromatic N) is 3. The molecule has 1 N–H and O–H groups in total. The summed E-state index contributed by atoms with van der Waals surface area (Å²) in [7, 11) is 0. The average Bonchev–Trinajstić information content (AvgIpc) is 3.46. The third-order valence-electron chi connectivity index (χ3n) is 4.93. The van der Waals surface area contributed by atoms with E-state index in [2.05, 4.69) is 20.4 Å². The van der Waals surface area contributed by atoms with Crippen molar-refractivity contribution >= 4 is 5.91 Å². The van der Waals surface area contributed by atoms with Gasteiger partial charge < -0.3 is 14.6 Å². The van der Waals surface area contributed by atoms with Gasteiger partial charge in [0.25, 0.3) is 5.91 Å². The van der Waals surface area contributed by atoms with Crippen molar-refractivity contribution in [3.8, 4) is 28.4 Å². The number of aromatic nitrogens is 3. The van der Waals surface area contributed by atoms with E-state index in [-0.39, 0.29) is 17.8 Å². The number of amides is 1. The molecule has 0 bridgehead atoms. The number of hydrogen-bond donors (Lipinski definition) is 1. The Labute approximate surface area is 172 Å². The molecule has 1 amide bonds. The monoisotopic (exact) mass is 398 g/mol. The molecule has 2 aromatic carbocycles. The first-order valence-corrected chi connectivity index (χ1v) is 9.64.